The normalized spacial score (nSPS) is 13.1. The smallest absolute Gasteiger partial charge is 0.0267 e. The molecule has 0 amide bonds. The molecule has 76 valence electrons. The highest BCUT2D eigenvalue weighted by Crippen LogP contribution is 2.18. The molecule has 0 aliphatic carbocycles. The molecule has 2 rings (SSSR count). The lowest BCUT2D eigenvalue weighted by molar-refractivity contribution is 0.973. The number of hydrogen-bond donors (Lipinski definition) is 0. The van der Waals surface area contributed by atoms with E-state index in [9.17, 15) is 0 Å². The third-order valence-corrected chi connectivity index (χ3v) is 3.26. The Morgan fingerprint density at radius 2 is 1.87 bits per heavy atom. The van der Waals surface area contributed by atoms with E-state index in [4.69, 9.17) is 0 Å². The van der Waals surface area contributed by atoms with Crippen LogP contribution in [0.5, 0.6) is 0 Å². The van der Waals surface area contributed by atoms with Crippen molar-refractivity contribution < 1.29 is 0 Å². The molecule has 1 heteroatoms. The Bertz CT molecular complexity index is 412. The van der Waals surface area contributed by atoms with Gasteiger partial charge in [-0.3, -0.25) is 0 Å². The maximum absolute atomic E-state index is 2.25. The van der Waals surface area contributed by atoms with E-state index in [1.54, 1.807) is 11.3 Å². The molecule has 0 aliphatic heterocycles. The van der Waals surface area contributed by atoms with E-state index in [0.29, 0.717) is 5.92 Å². The van der Waals surface area contributed by atoms with Crippen LogP contribution in [0.2, 0.25) is 0 Å². The molecule has 1 unspecified atom stereocenters. The monoisotopic (exact) mass is 214 g/mol. The van der Waals surface area contributed by atoms with Crippen LogP contribution in [-0.2, 0) is 0 Å². The first-order chi connectivity index (χ1) is 7.36. The highest BCUT2D eigenvalue weighted by Gasteiger charge is 1.99. The molecule has 2 aromatic rings. The Hall–Kier alpha value is -1.34. The summed E-state index contributed by atoms with van der Waals surface area (Å²) >= 11 is 1.77. The Morgan fingerprint density at radius 1 is 1.07 bits per heavy atom. The lowest BCUT2D eigenvalue weighted by atomic mass is 10.0. The van der Waals surface area contributed by atoms with Crippen LogP contribution in [0, 0.1) is 0 Å². The van der Waals surface area contributed by atoms with Gasteiger partial charge in [0.15, 0.2) is 0 Å². The average molecular weight is 214 g/mol. The molecule has 0 N–H and O–H groups in total. The van der Waals surface area contributed by atoms with Crippen molar-refractivity contribution in [1.82, 2.24) is 0 Å². The van der Waals surface area contributed by atoms with Crippen LogP contribution >= 0.6 is 11.3 Å². The minimum absolute atomic E-state index is 0.480. The van der Waals surface area contributed by atoms with Crippen molar-refractivity contribution in [3.63, 3.8) is 0 Å². The molecule has 0 radical (unpaired) electrons. The van der Waals surface area contributed by atoms with E-state index in [-0.39, 0.29) is 0 Å². The van der Waals surface area contributed by atoms with Gasteiger partial charge in [0.2, 0.25) is 0 Å². The minimum Gasteiger partial charge on any atom is -0.144 e. The number of hydrogen-bond acceptors (Lipinski definition) is 1. The van der Waals surface area contributed by atoms with Crippen molar-refractivity contribution in [2.45, 2.75) is 12.8 Å². The number of thiophene rings is 1. The summed E-state index contributed by atoms with van der Waals surface area (Å²) in [6.45, 7) is 2.22. The number of benzene rings is 1. The SMILES string of the molecule is CC(/C=C/c1cccs1)c1ccccc1. The second-order valence-electron chi connectivity index (χ2n) is 3.57. The molecule has 0 nitrogen and oxygen atoms in total. The lowest BCUT2D eigenvalue weighted by Gasteiger charge is -2.05. The fourth-order valence-electron chi connectivity index (χ4n) is 1.49. The summed E-state index contributed by atoms with van der Waals surface area (Å²) in [6.07, 6.45) is 4.45. The van der Waals surface area contributed by atoms with Gasteiger partial charge in [0, 0.05) is 4.88 Å². The zero-order chi connectivity index (χ0) is 10.5. The average Bonchev–Trinajstić information content (AvgIpc) is 2.80. The van der Waals surface area contributed by atoms with Gasteiger partial charge in [-0.05, 0) is 29.0 Å². The topological polar surface area (TPSA) is 0 Å². The highest BCUT2D eigenvalue weighted by molar-refractivity contribution is 7.10. The van der Waals surface area contributed by atoms with Crippen molar-refractivity contribution >= 4 is 17.4 Å². The maximum Gasteiger partial charge on any atom is 0.0267 e. The van der Waals surface area contributed by atoms with Gasteiger partial charge in [-0.25, -0.2) is 0 Å². The zero-order valence-corrected chi connectivity index (χ0v) is 9.58. The lowest BCUT2D eigenvalue weighted by Crippen LogP contribution is -1.86. The predicted octanol–water partition coefficient (Wildman–Crippen LogP) is 4.57. The molecule has 0 aliphatic rings. The van der Waals surface area contributed by atoms with E-state index in [1.807, 2.05) is 0 Å². The van der Waals surface area contributed by atoms with E-state index < -0.39 is 0 Å². The van der Waals surface area contributed by atoms with Crippen molar-refractivity contribution in [3.8, 4) is 0 Å². The van der Waals surface area contributed by atoms with Gasteiger partial charge in [0.25, 0.3) is 0 Å². The predicted molar refractivity (Wildman–Crippen MR) is 68.2 cm³/mol. The third-order valence-electron chi connectivity index (χ3n) is 2.42. The molecule has 0 saturated heterocycles. The van der Waals surface area contributed by atoms with Gasteiger partial charge in [0.1, 0.15) is 0 Å². The molecule has 15 heavy (non-hydrogen) atoms. The second kappa shape index (κ2) is 4.94. The molecule has 0 bridgehead atoms. The maximum atomic E-state index is 2.25. The molecular weight excluding hydrogens is 200 g/mol. The van der Waals surface area contributed by atoms with Crippen LogP contribution in [0.3, 0.4) is 0 Å². The Balaban J connectivity index is 2.07. The summed E-state index contributed by atoms with van der Waals surface area (Å²) in [4.78, 5) is 1.32. The van der Waals surface area contributed by atoms with E-state index >= 15 is 0 Å². The van der Waals surface area contributed by atoms with E-state index in [1.165, 1.54) is 10.4 Å². The summed E-state index contributed by atoms with van der Waals surface area (Å²) in [5.41, 5.74) is 1.37. The summed E-state index contributed by atoms with van der Waals surface area (Å²) in [6, 6.07) is 14.8. The van der Waals surface area contributed by atoms with Crippen LogP contribution in [0.15, 0.2) is 53.9 Å². The molecular formula is C14H14S. The summed E-state index contributed by atoms with van der Waals surface area (Å²) < 4.78 is 0. The van der Waals surface area contributed by atoms with Gasteiger partial charge >= 0.3 is 0 Å². The molecule has 1 aromatic heterocycles. The Morgan fingerprint density at radius 3 is 2.53 bits per heavy atom. The summed E-state index contributed by atoms with van der Waals surface area (Å²) in [5.74, 6) is 0.480. The Kier molecular flexibility index (Phi) is 3.36. The summed E-state index contributed by atoms with van der Waals surface area (Å²) in [7, 11) is 0. The fourth-order valence-corrected chi connectivity index (χ4v) is 2.12. The quantitative estimate of drug-likeness (QED) is 0.702. The molecule has 1 heterocycles. The highest BCUT2D eigenvalue weighted by atomic mass is 32.1. The Labute approximate surface area is 94.9 Å². The van der Waals surface area contributed by atoms with Crippen LogP contribution < -0.4 is 0 Å². The molecule has 1 aromatic carbocycles. The standard InChI is InChI=1S/C14H14S/c1-12(13-6-3-2-4-7-13)9-10-14-8-5-11-15-14/h2-12H,1H3/b10-9+. The van der Waals surface area contributed by atoms with Crippen LogP contribution in [0.25, 0.3) is 6.08 Å². The van der Waals surface area contributed by atoms with Crippen LogP contribution in [0.4, 0.5) is 0 Å². The molecule has 0 saturated carbocycles. The van der Waals surface area contributed by atoms with Gasteiger partial charge in [-0.2, -0.15) is 0 Å². The van der Waals surface area contributed by atoms with Gasteiger partial charge in [-0.15, -0.1) is 11.3 Å². The van der Waals surface area contributed by atoms with Crippen molar-refractivity contribution in [3.05, 3.63) is 64.4 Å². The zero-order valence-electron chi connectivity index (χ0n) is 8.76. The van der Waals surface area contributed by atoms with Gasteiger partial charge in [0.05, 0.1) is 0 Å². The first-order valence-electron chi connectivity index (χ1n) is 5.13. The largest absolute Gasteiger partial charge is 0.144 e. The van der Waals surface area contributed by atoms with Crippen LogP contribution in [0.1, 0.15) is 23.3 Å². The van der Waals surface area contributed by atoms with Crippen LogP contribution in [-0.4, -0.2) is 0 Å². The van der Waals surface area contributed by atoms with Gasteiger partial charge in [-0.1, -0.05) is 49.4 Å². The van der Waals surface area contributed by atoms with Crippen molar-refractivity contribution in [2.24, 2.45) is 0 Å². The first-order valence-corrected chi connectivity index (χ1v) is 6.01. The number of rotatable bonds is 3. The second-order valence-corrected chi connectivity index (χ2v) is 4.55. The third kappa shape index (κ3) is 2.80. The number of allylic oxidation sites excluding steroid dienone is 1. The molecule has 1 atom stereocenters. The molecule has 0 spiro atoms. The van der Waals surface area contributed by atoms with Crippen molar-refractivity contribution in [1.29, 1.82) is 0 Å². The molecule has 0 fully saturated rings. The van der Waals surface area contributed by atoms with E-state index in [2.05, 4.69) is 66.9 Å². The fraction of sp³-hybridized carbons (Fsp3) is 0.143. The van der Waals surface area contributed by atoms with E-state index in [0.717, 1.165) is 0 Å². The first kappa shape index (κ1) is 10.2. The summed E-state index contributed by atoms with van der Waals surface area (Å²) in [5, 5.41) is 2.10. The minimum atomic E-state index is 0.480. The van der Waals surface area contributed by atoms with Gasteiger partial charge < -0.3 is 0 Å². The van der Waals surface area contributed by atoms with Crippen molar-refractivity contribution in [2.75, 3.05) is 0 Å².